The maximum absolute atomic E-state index is 6.09. The fourth-order valence-corrected chi connectivity index (χ4v) is 2.77. The van der Waals surface area contributed by atoms with Crippen LogP contribution >= 0.6 is 23.2 Å². The first-order valence-electron chi connectivity index (χ1n) is 6.81. The van der Waals surface area contributed by atoms with Crippen molar-refractivity contribution in [2.75, 3.05) is 13.6 Å². The first-order valence-corrected chi connectivity index (χ1v) is 7.57. The highest BCUT2D eigenvalue weighted by atomic mass is 35.5. The van der Waals surface area contributed by atoms with Crippen LogP contribution in [0.25, 0.3) is 0 Å². The van der Waals surface area contributed by atoms with Crippen LogP contribution in [-0.4, -0.2) is 13.6 Å². The maximum atomic E-state index is 6.09. The van der Waals surface area contributed by atoms with Crippen LogP contribution in [0.15, 0.2) is 48.5 Å². The van der Waals surface area contributed by atoms with Crippen LogP contribution in [0.5, 0.6) is 0 Å². The monoisotopic (exact) mass is 307 g/mol. The molecule has 0 aliphatic heterocycles. The minimum absolute atomic E-state index is 0.541. The van der Waals surface area contributed by atoms with E-state index in [9.17, 15) is 0 Å². The molecule has 0 fully saturated rings. The molecule has 0 spiro atoms. The van der Waals surface area contributed by atoms with Crippen LogP contribution in [0.2, 0.25) is 10.0 Å². The Balaban J connectivity index is 2.06. The maximum Gasteiger partial charge on any atom is 0.0595 e. The molecule has 0 radical (unpaired) electrons. The predicted molar refractivity (Wildman–Crippen MR) is 87.7 cm³/mol. The molecule has 0 saturated carbocycles. The lowest BCUT2D eigenvalue weighted by Crippen LogP contribution is -2.22. The van der Waals surface area contributed by atoms with Gasteiger partial charge in [0.1, 0.15) is 0 Å². The summed E-state index contributed by atoms with van der Waals surface area (Å²) in [5.41, 5.74) is 2.60. The van der Waals surface area contributed by atoms with Crippen LogP contribution in [0.4, 0.5) is 0 Å². The first kappa shape index (κ1) is 15.4. The van der Waals surface area contributed by atoms with E-state index in [1.165, 1.54) is 11.1 Å². The van der Waals surface area contributed by atoms with Gasteiger partial charge in [-0.25, -0.2) is 0 Å². The topological polar surface area (TPSA) is 12.0 Å². The quantitative estimate of drug-likeness (QED) is 0.821. The fraction of sp³-hybridized carbons (Fsp3) is 0.294. The van der Waals surface area contributed by atoms with Gasteiger partial charge in [0, 0.05) is 0 Å². The van der Waals surface area contributed by atoms with E-state index in [0.717, 1.165) is 19.4 Å². The number of hydrogen-bond donors (Lipinski definition) is 1. The fourth-order valence-electron chi connectivity index (χ4n) is 2.45. The molecule has 0 aromatic heterocycles. The van der Waals surface area contributed by atoms with Crippen molar-refractivity contribution in [2.24, 2.45) is 5.92 Å². The van der Waals surface area contributed by atoms with Gasteiger partial charge < -0.3 is 5.32 Å². The molecule has 1 unspecified atom stereocenters. The molecule has 0 heterocycles. The molecule has 0 amide bonds. The van der Waals surface area contributed by atoms with Gasteiger partial charge in [-0.05, 0) is 55.6 Å². The number of halogens is 2. The second-order valence-corrected chi connectivity index (χ2v) is 5.88. The summed E-state index contributed by atoms with van der Waals surface area (Å²) >= 11 is 12.1. The Hall–Kier alpha value is -1.02. The molecule has 2 aromatic carbocycles. The smallest absolute Gasteiger partial charge is 0.0595 e. The summed E-state index contributed by atoms with van der Waals surface area (Å²) in [6.07, 6.45) is 2.05. The Labute approximate surface area is 130 Å². The van der Waals surface area contributed by atoms with Gasteiger partial charge >= 0.3 is 0 Å². The average molecular weight is 308 g/mol. The Morgan fingerprint density at radius 2 is 1.60 bits per heavy atom. The van der Waals surface area contributed by atoms with Crippen LogP contribution in [0.3, 0.4) is 0 Å². The van der Waals surface area contributed by atoms with E-state index in [1.807, 2.05) is 19.2 Å². The van der Waals surface area contributed by atoms with Gasteiger partial charge in [-0.3, -0.25) is 0 Å². The molecule has 106 valence electrons. The zero-order valence-electron chi connectivity index (χ0n) is 11.6. The molecule has 20 heavy (non-hydrogen) atoms. The molecule has 0 aliphatic carbocycles. The Bertz CT molecular complexity index is 540. The van der Waals surface area contributed by atoms with Crippen molar-refractivity contribution in [1.82, 2.24) is 5.32 Å². The molecule has 0 aliphatic rings. The van der Waals surface area contributed by atoms with E-state index in [4.69, 9.17) is 23.2 Å². The van der Waals surface area contributed by atoms with E-state index in [1.54, 1.807) is 0 Å². The lowest BCUT2D eigenvalue weighted by molar-refractivity contribution is 0.493. The van der Waals surface area contributed by atoms with E-state index < -0.39 is 0 Å². The Morgan fingerprint density at radius 3 is 2.25 bits per heavy atom. The van der Waals surface area contributed by atoms with Crippen molar-refractivity contribution in [2.45, 2.75) is 12.8 Å². The highest BCUT2D eigenvalue weighted by Crippen LogP contribution is 2.24. The highest BCUT2D eigenvalue weighted by Gasteiger charge is 2.11. The zero-order valence-corrected chi connectivity index (χ0v) is 13.1. The molecule has 1 nitrogen and oxygen atoms in total. The molecule has 2 aromatic rings. The molecular weight excluding hydrogens is 289 g/mol. The molecule has 1 atom stereocenters. The van der Waals surface area contributed by atoms with Crippen molar-refractivity contribution in [3.05, 3.63) is 69.7 Å². The number of nitrogens with one attached hydrogen (secondary N) is 1. The summed E-state index contributed by atoms with van der Waals surface area (Å²) in [6, 6.07) is 16.5. The summed E-state index contributed by atoms with van der Waals surface area (Å²) < 4.78 is 0. The molecule has 3 heteroatoms. The molecule has 1 N–H and O–H groups in total. The van der Waals surface area contributed by atoms with Gasteiger partial charge in [0.15, 0.2) is 0 Å². The second-order valence-electron chi connectivity index (χ2n) is 5.07. The standard InChI is InChI=1S/C17H19Cl2N/c1-20-12-15(9-13-5-3-2-4-6-13)10-14-7-8-16(18)17(19)11-14/h2-8,11,15,20H,9-10,12H2,1H3. The Kier molecular flexibility index (Phi) is 5.90. The largest absolute Gasteiger partial charge is 0.319 e. The third-order valence-electron chi connectivity index (χ3n) is 3.37. The minimum atomic E-state index is 0.541. The van der Waals surface area contributed by atoms with Gasteiger partial charge in [0.2, 0.25) is 0 Å². The van der Waals surface area contributed by atoms with Crippen molar-refractivity contribution in [1.29, 1.82) is 0 Å². The van der Waals surface area contributed by atoms with Gasteiger partial charge in [-0.1, -0.05) is 59.6 Å². The van der Waals surface area contributed by atoms with Gasteiger partial charge in [-0.15, -0.1) is 0 Å². The number of benzene rings is 2. The van der Waals surface area contributed by atoms with E-state index in [2.05, 4.69) is 41.7 Å². The van der Waals surface area contributed by atoms with E-state index in [0.29, 0.717) is 16.0 Å². The molecule has 2 rings (SSSR count). The van der Waals surface area contributed by atoms with Crippen LogP contribution in [0.1, 0.15) is 11.1 Å². The minimum Gasteiger partial charge on any atom is -0.319 e. The predicted octanol–water partition coefficient (Wildman–Crippen LogP) is 4.61. The summed E-state index contributed by atoms with van der Waals surface area (Å²) in [4.78, 5) is 0. The third-order valence-corrected chi connectivity index (χ3v) is 4.11. The Morgan fingerprint density at radius 1 is 0.900 bits per heavy atom. The van der Waals surface area contributed by atoms with Crippen molar-refractivity contribution >= 4 is 23.2 Å². The van der Waals surface area contributed by atoms with Crippen LogP contribution in [-0.2, 0) is 12.8 Å². The third kappa shape index (κ3) is 4.52. The van der Waals surface area contributed by atoms with Gasteiger partial charge in [0.25, 0.3) is 0 Å². The molecule has 0 bridgehead atoms. The van der Waals surface area contributed by atoms with Crippen molar-refractivity contribution in [3.63, 3.8) is 0 Å². The number of hydrogen-bond acceptors (Lipinski definition) is 1. The van der Waals surface area contributed by atoms with Gasteiger partial charge in [0.05, 0.1) is 10.0 Å². The van der Waals surface area contributed by atoms with E-state index in [-0.39, 0.29) is 0 Å². The summed E-state index contributed by atoms with van der Waals surface area (Å²) in [6.45, 7) is 0.981. The SMILES string of the molecule is CNCC(Cc1ccccc1)Cc1ccc(Cl)c(Cl)c1. The van der Waals surface area contributed by atoms with E-state index >= 15 is 0 Å². The normalized spacial score (nSPS) is 12.3. The highest BCUT2D eigenvalue weighted by molar-refractivity contribution is 6.42. The van der Waals surface area contributed by atoms with Crippen LogP contribution < -0.4 is 5.32 Å². The zero-order chi connectivity index (χ0) is 14.4. The average Bonchev–Trinajstić information content (AvgIpc) is 2.44. The number of rotatable bonds is 6. The van der Waals surface area contributed by atoms with Crippen molar-refractivity contribution < 1.29 is 0 Å². The lowest BCUT2D eigenvalue weighted by Gasteiger charge is -2.17. The van der Waals surface area contributed by atoms with Crippen LogP contribution in [0, 0.1) is 5.92 Å². The molecular formula is C17H19Cl2N. The second kappa shape index (κ2) is 7.68. The summed E-state index contributed by atoms with van der Waals surface area (Å²) in [5, 5.41) is 4.52. The first-order chi connectivity index (χ1) is 9.69. The summed E-state index contributed by atoms with van der Waals surface area (Å²) in [7, 11) is 1.99. The molecule has 0 saturated heterocycles. The lowest BCUT2D eigenvalue weighted by atomic mass is 9.92. The summed E-state index contributed by atoms with van der Waals surface area (Å²) in [5.74, 6) is 0.541. The van der Waals surface area contributed by atoms with Gasteiger partial charge in [-0.2, -0.15) is 0 Å². The van der Waals surface area contributed by atoms with Crippen molar-refractivity contribution in [3.8, 4) is 0 Å².